The van der Waals surface area contributed by atoms with Crippen LogP contribution in [0.15, 0.2) is 47.9 Å². The molecule has 1 aliphatic carbocycles. The van der Waals surface area contributed by atoms with E-state index in [2.05, 4.69) is 28.1 Å². The van der Waals surface area contributed by atoms with Gasteiger partial charge in [-0.25, -0.2) is 4.79 Å². The summed E-state index contributed by atoms with van der Waals surface area (Å²) >= 11 is 0. The number of hydrogen-bond donors (Lipinski definition) is 5. The van der Waals surface area contributed by atoms with Gasteiger partial charge in [0.1, 0.15) is 0 Å². The summed E-state index contributed by atoms with van der Waals surface area (Å²) in [6.45, 7) is 2.08. The van der Waals surface area contributed by atoms with Crippen molar-refractivity contribution in [3.63, 3.8) is 0 Å². The number of carbonyl (C=O) groups is 2. The van der Waals surface area contributed by atoms with Gasteiger partial charge >= 0.3 is 6.03 Å². The van der Waals surface area contributed by atoms with Crippen molar-refractivity contribution in [1.82, 2.24) is 20.9 Å². The summed E-state index contributed by atoms with van der Waals surface area (Å²) in [6, 6.07) is 8.48. The smallest absolute Gasteiger partial charge is 0.317 e. The lowest BCUT2D eigenvalue weighted by atomic mass is 10.1. The van der Waals surface area contributed by atoms with Crippen molar-refractivity contribution < 1.29 is 9.59 Å². The highest BCUT2D eigenvalue weighted by molar-refractivity contribution is 5.92. The van der Waals surface area contributed by atoms with E-state index in [-0.39, 0.29) is 23.7 Å². The first-order valence-electron chi connectivity index (χ1n) is 9.10. The third-order valence-corrected chi connectivity index (χ3v) is 4.74. The van der Waals surface area contributed by atoms with Crippen molar-refractivity contribution in [3.8, 4) is 0 Å². The van der Waals surface area contributed by atoms with Gasteiger partial charge in [0.2, 0.25) is 0 Å². The maximum absolute atomic E-state index is 12.0. The van der Waals surface area contributed by atoms with Gasteiger partial charge in [0.05, 0.1) is 11.5 Å². The first kappa shape index (κ1) is 18.6. The minimum absolute atomic E-state index is 0.0698. The average Bonchev–Trinajstić information content (AvgIpc) is 3.24. The largest absolute Gasteiger partial charge is 0.394 e. The zero-order valence-electron chi connectivity index (χ0n) is 15.2. The van der Waals surface area contributed by atoms with Gasteiger partial charge in [0.25, 0.3) is 5.91 Å². The Labute approximate surface area is 158 Å². The predicted octanol–water partition coefficient (Wildman–Crippen LogP) is -0.472. The van der Waals surface area contributed by atoms with E-state index in [4.69, 9.17) is 11.5 Å². The van der Waals surface area contributed by atoms with Gasteiger partial charge in [0, 0.05) is 32.2 Å². The lowest BCUT2D eigenvalue weighted by molar-refractivity contribution is -0.117. The van der Waals surface area contributed by atoms with Crippen LogP contribution in [0.1, 0.15) is 11.1 Å². The number of rotatable bonds is 7. The van der Waals surface area contributed by atoms with E-state index in [0.717, 1.165) is 12.8 Å². The molecule has 1 aliphatic heterocycles. The van der Waals surface area contributed by atoms with E-state index in [9.17, 15) is 9.59 Å². The van der Waals surface area contributed by atoms with Crippen LogP contribution >= 0.6 is 0 Å². The molecule has 2 aliphatic rings. The fraction of sp³-hybridized carbons (Fsp3) is 0.368. The third kappa shape index (κ3) is 4.93. The van der Waals surface area contributed by atoms with E-state index in [1.165, 1.54) is 17.2 Å². The Morgan fingerprint density at radius 3 is 2.56 bits per heavy atom. The van der Waals surface area contributed by atoms with Crippen LogP contribution in [0.5, 0.6) is 0 Å². The second kappa shape index (κ2) is 8.48. The number of fused-ring (bicyclic) bond motifs is 1. The molecule has 144 valence electrons. The molecule has 0 radical (unpaired) electrons. The number of urea groups is 1. The summed E-state index contributed by atoms with van der Waals surface area (Å²) in [5, 5.41) is 8.66. The summed E-state index contributed by atoms with van der Waals surface area (Å²) in [7, 11) is 0. The minimum atomic E-state index is -0.382. The number of allylic oxidation sites excluding steroid dienone is 2. The van der Waals surface area contributed by atoms with E-state index >= 15 is 0 Å². The summed E-state index contributed by atoms with van der Waals surface area (Å²) in [4.78, 5) is 25.0. The van der Waals surface area contributed by atoms with Crippen LogP contribution in [0.2, 0.25) is 0 Å². The highest BCUT2D eigenvalue weighted by Crippen LogP contribution is 2.21. The Balaban J connectivity index is 1.43. The van der Waals surface area contributed by atoms with E-state index < -0.39 is 0 Å². The SMILES string of the molecule is N/C(=C\C=C(/N)NC1Cc2ccccc2C1)C(=O)NCCN1CCNC1=O. The van der Waals surface area contributed by atoms with Crippen LogP contribution in [0.4, 0.5) is 4.79 Å². The topological polar surface area (TPSA) is 126 Å². The van der Waals surface area contributed by atoms with Crippen molar-refractivity contribution in [1.29, 1.82) is 0 Å². The number of amides is 3. The van der Waals surface area contributed by atoms with E-state index in [0.29, 0.717) is 32.0 Å². The molecule has 1 heterocycles. The summed E-state index contributed by atoms with van der Waals surface area (Å²) in [5.74, 6) is 0.0872. The van der Waals surface area contributed by atoms with Crippen LogP contribution in [0.25, 0.3) is 0 Å². The highest BCUT2D eigenvalue weighted by atomic mass is 16.2. The molecular weight excluding hydrogens is 344 g/mol. The van der Waals surface area contributed by atoms with Gasteiger partial charge in [-0.1, -0.05) is 24.3 Å². The number of nitrogens with two attached hydrogens (primary N) is 2. The molecule has 1 aromatic rings. The molecule has 8 heteroatoms. The molecule has 27 heavy (non-hydrogen) atoms. The number of nitrogens with one attached hydrogen (secondary N) is 3. The standard InChI is InChI=1S/C19H26N6O2/c20-16(18(26)22-7-9-25-10-8-23-19(25)27)5-6-17(21)24-15-11-13-3-1-2-4-14(13)12-15/h1-6,15,24H,7-12,20-21H2,(H,22,26)(H,23,27)/b16-5-,17-6+. The van der Waals surface area contributed by atoms with Gasteiger partial charge in [-0.2, -0.15) is 0 Å². The number of carbonyl (C=O) groups excluding carboxylic acids is 2. The molecule has 3 rings (SSSR count). The molecule has 0 bridgehead atoms. The Kier molecular flexibility index (Phi) is 5.85. The molecule has 8 nitrogen and oxygen atoms in total. The van der Waals surface area contributed by atoms with Crippen LogP contribution in [-0.4, -0.2) is 49.1 Å². The van der Waals surface area contributed by atoms with Gasteiger partial charge in [-0.05, 0) is 36.1 Å². The maximum Gasteiger partial charge on any atom is 0.317 e. The third-order valence-electron chi connectivity index (χ3n) is 4.74. The second-order valence-corrected chi connectivity index (χ2v) is 6.74. The maximum atomic E-state index is 12.0. The number of benzene rings is 1. The fourth-order valence-corrected chi connectivity index (χ4v) is 3.33. The first-order valence-corrected chi connectivity index (χ1v) is 9.10. The van der Waals surface area contributed by atoms with Gasteiger partial charge in [-0.3, -0.25) is 4.79 Å². The summed E-state index contributed by atoms with van der Waals surface area (Å²) in [6.07, 6.45) is 4.94. The monoisotopic (exact) mass is 370 g/mol. The molecular formula is C19H26N6O2. The zero-order chi connectivity index (χ0) is 19.2. The van der Waals surface area contributed by atoms with Crippen molar-refractivity contribution >= 4 is 11.9 Å². The van der Waals surface area contributed by atoms with Crippen LogP contribution in [-0.2, 0) is 17.6 Å². The van der Waals surface area contributed by atoms with Gasteiger partial charge < -0.3 is 32.3 Å². The van der Waals surface area contributed by atoms with Crippen LogP contribution < -0.4 is 27.4 Å². The second-order valence-electron chi connectivity index (χ2n) is 6.74. The summed E-state index contributed by atoms with van der Waals surface area (Å²) < 4.78 is 0. The van der Waals surface area contributed by atoms with Crippen molar-refractivity contribution in [3.05, 3.63) is 59.1 Å². The fourth-order valence-electron chi connectivity index (χ4n) is 3.33. The van der Waals surface area contributed by atoms with Crippen LogP contribution in [0, 0.1) is 0 Å². The highest BCUT2D eigenvalue weighted by Gasteiger charge is 2.21. The predicted molar refractivity (Wildman–Crippen MR) is 103 cm³/mol. The molecule has 0 aromatic heterocycles. The Morgan fingerprint density at radius 1 is 1.22 bits per heavy atom. The molecule has 0 spiro atoms. The molecule has 3 amide bonds. The Morgan fingerprint density at radius 2 is 1.93 bits per heavy atom. The lowest BCUT2D eigenvalue weighted by Crippen LogP contribution is -2.38. The first-order chi connectivity index (χ1) is 13.0. The molecule has 0 saturated carbocycles. The normalized spacial score (nSPS) is 17.6. The average molecular weight is 370 g/mol. The van der Waals surface area contributed by atoms with Crippen molar-refractivity contribution in [2.75, 3.05) is 26.2 Å². The zero-order valence-corrected chi connectivity index (χ0v) is 15.2. The molecule has 0 unspecified atom stereocenters. The van der Waals surface area contributed by atoms with Crippen molar-refractivity contribution in [2.45, 2.75) is 18.9 Å². The van der Waals surface area contributed by atoms with Gasteiger partial charge in [-0.15, -0.1) is 0 Å². The minimum Gasteiger partial charge on any atom is -0.394 e. The molecule has 7 N–H and O–H groups in total. The van der Waals surface area contributed by atoms with Crippen molar-refractivity contribution in [2.24, 2.45) is 11.5 Å². The quantitative estimate of drug-likeness (QED) is 0.328. The summed E-state index contributed by atoms with van der Waals surface area (Å²) in [5.41, 5.74) is 14.5. The molecule has 1 saturated heterocycles. The molecule has 1 fully saturated rings. The molecule has 0 atom stereocenters. The molecule has 1 aromatic carbocycles. The van der Waals surface area contributed by atoms with E-state index in [1.807, 2.05) is 12.1 Å². The number of nitrogens with zero attached hydrogens (tertiary/aromatic N) is 1. The van der Waals surface area contributed by atoms with Gasteiger partial charge in [0.15, 0.2) is 0 Å². The van der Waals surface area contributed by atoms with E-state index in [1.54, 1.807) is 11.0 Å². The van der Waals surface area contributed by atoms with Crippen LogP contribution in [0.3, 0.4) is 0 Å². The Bertz CT molecular complexity index is 748. The Hall–Kier alpha value is -3.16. The lowest BCUT2D eigenvalue weighted by Gasteiger charge is -2.14. The number of hydrogen-bond acceptors (Lipinski definition) is 5.